The third kappa shape index (κ3) is 3.82. The number of hydrogen-bond acceptors (Lipinski definition) is 4. The Morgan fingerprint density at radius 3 is 2.41 bits per heavy atom. The van der Waals surface area contributed by atoms with E-state index < -0.39 is 5.41 Å². The van der Waals surface area contributed by atoms with E-state index in [1.54, 1.807) is 0 Å². The van der Waals surface area contributed by atoms with Crippen molar-refractivity contribution in [3.05, 3.63) is 58.1 Å². The summed E-state index contributed by atoms with van der Waals surface area (Å²) in [6.07, 6.45) is 1.36. The Morgan fingerprint density at radius 1 is 0.963 bits per heavy atom. The van der Waals surface area contributed by atoms with Gasteiger partial charge in [-0.1, -0.05) is 34.1 Å². The van der Waals surface area contributed by atoms with Crippen LogP contribution in [-0.2, 0) is 21.5 Å². The molecule has 0 aromatic heterocycles. The highest BCUT2D eigenvalue weighted by Gasteiger charge is 2.41. The number of ether oxygens (including phenoxy) is 3. The third-order valence-electron chi connectivity index (χ3n) is 5.24. The van der Waals surface area contributed by atoms with Gasteiger partial charge in [0.25, 0.3) is 0 Å². The Hall–Kier alpha value is -2.05. The number of hydrogen-bond donors (Lipinski definition) is 1. The van der Waals surface area contributed by atoms with Crippen molar-refractivity contribution in [1.29, 1.82) is 0 Å². The quantitative estimate of drug-likeness (QED) is 0.803. The number of halogens is 1. The van der Waals surface area contributed by atoms with E-state index in [0.29, 0.717) is 45.8 Å². The maximum atomic E-state index is 13.2. The minimum absolute atomic E-state index is 0.0445. The van der Waals surface area contributed by atoms with Crippen LogP contribution in [0, 0.1) is 0 Å². The van der Waals surface area contributed by atoms with E-state index in [1.807, 2.05) is 42.5 Å². The molecule has 5 nitrogen and oxygen atoms in total. The van der Waals surface area contributed by atoms with Crippen LogP contribution in [0.1, 0.15) is 24.0 Å². The number of carbonyl (C=O) groups is 1. The predicted octanol–water partition coefficient (Wildman–Crippen LogP) is 3.58. The van der Waals surface area contributed by atoms with Gasteiger partial charge in [-0.15, -0.1) is 0 Å². The first-order valence-corrected chi connectivity index (χ1v) is 9.97. The molecule has 4 rings (SSSR count). The Balaban J connectivity index is 1.51. The summed E-state index contributed by atoms with van der Waals surface area (Å²) in [6, 6.07) is 13.8. The van der Waals surface area contributed by atoms with Gasteiger partial charge in [0.05, 0.1) is 5.41 Å². The Labute approximate surface area is 167 Å². The fraction of sp³-hybridized carbons (Fsp3) is 0.381. The van der Waals surface area contributed by atoms with Crippen molar-refractivity contribution in [2.24, 2.45) is 0 Å². The Kier molecular flexibility index (Phi) is 5.36. The van der Waals surface area contributed by atoms with Crippen LogP contribution in [0.5, 0.6) is 11.5 Å². The molecule has 0 atom stereocenters. The summed E-state index contributed by atoms with van der Waals surface area (Å²) in [5, 5.41) is 3.13. The molecule has 27 heavy (non-hydrogen) atoms. The Bertz CT molecular complexity index is 815. The minimum atomic E-state index is -0.549. The van der Waals surface area contributed by atoms with Crippen LogP contribution in [0.4, 0.5) is 0 Å². The van der Waals surface area contributed by atoms with E-state index in [2.05, 4.69) is 21.2 Å². The first-order valence-electron chi connectivity index (χ1n) is 9.18. The first kappa shape index (κ1) is 18.3. The van der Waals surface area contributed by atoms with Gasteiger partial charge in [-0.25, -0.2) is 0 Å². The smallest absolute Gasteiger partial charge is 0.231 e. The van der Waals surface area contributed by atoms with Crippen LogP contribution in [0.25, 0.3) is 0 Å². The molecule has 2 aromatic carbocycles. The van der Waals surface area contributed by atoms with Gasteiger partial charge in [-0.05, 0) is 48.2 Å². The fourth-order valence-corrected chi connectivity index (χ4v) is 3.95. The summed E-state index contributed by atoms with van der Waals surface area (Å²) >= 11 is 3.47. The molecule has 1 amide bonds. The summed E-state index contributed by atoms with van der Waals surface area (Å²) < 4.78 is 17.7. The SMILES string of the molecule is O=C(NCc1ccc2c(c1)OCCO2)C1(c2ccc(Br)cc2)CCOCC1. The standard InChI is InChI=1S/C21H22BrNO4/c22-17-4-2-16(3-5-17)21(7-9-25-10-8-21)20(24)23-14-15-1-6-18-19(13-15)27-12-11-26-18/h1-6,13H,7-12,14H2,(H,23,24). The second kappa shape index (κ2) is 7.90. The van der Waals surface area contributed by atoms with Crippen molar-refractivity contribution in [3.8, 4) is 11.5 Å². The van der Waals surface area contributed by atoms with E-state index >= 15 is 0 Å². The van der Waals surface area contributed by atoms with Crippen LogP contribution in [0.15, 0.2) is 46.9 Å². The zero-order valence-electron chi connectivity index (χ0n) is 15.0. The monoisotopic (exact) mass is 431 g/mol. The molecule has 2 heterocycles. The lowest BCUT2D eigenvalue weighted by Crippen LogP contribution is -2.47. The molecule has 2 aliphatic rings. The van der Waals surface area contributed by atoms with E-state index in [9.17, 15) is 4.79 Å². The molecule has 2 aromatic rings. The summed E-state index contributed by atoms with van der Waals surface area (Å²) in [7, 11) is 0. The van der Waals surface area contributed by atoms with E-state index in [0.717, 1.165) is 27.1 Å². The van der Waals surface area contributed by atoms with Crippen LogP contribution >= 0.6 is 15.9 Å². The van der Waals surface area contributed by atoms with Crippen molar-refractivity contribution in [3.63, 3.8) is 0 Å². The second-order valence-electron chi connectivity index (χ2n) is 6.86. The molecule has 1 N–H and O–H groups in total. The van der Waals surface area contributed by atoms with Gasteiger partial charge < -0.3 is 19.5 Å². The van der Waals surface area contributed by atoms with E-state index in [4.69, 9.17) is 14.2 Å². The topological polar surface area (TPSA) is 56.8 Å². The molecular weight excluding hydrogens is 410 g/mol. The molecule has 1 fully saturated rings. The number of rotatable bonds is 4. The van der Waals surface area contributed by atoms with E-state index in [1.165, 1.54) is 0 Å². The second-order valence-corrected chi connectivity index (χ2v) is 7.78. The van der Waals surface area contributed by atoms with Gasteiger partial charge >= 0.3 is 0 Å². The molecule has 0 unspecified atom stereocenters. The van der Waals surface area contributed by atoms with Crippen molar-refractivity contribution >= 4 is 21.8 Å². The van der Waals surface area contributed by atoms with Gasteiger partial charge in [-0.2, -0.15) is 0 Å². The van der Waals surface area contributed by atoms with Gasteiger partial charge in [0.15, 0.2) is 11.5 Å². The lowest BCUT2D eigenvalue weighted by Gasteiger charge is -2.36. The largest absolute Gasteiger partial charge is 0.486 e. The number of fused-ring (bicyclic) bond motifs is 1. The van der Waals surface area contributed by atoms with E-state index in [-0.39, 0.29) is 5.91 Å². The lowest BCUT2D eigenvalue weighted by molar-refractivity contribution is -0.130. The van der Waals surface area contributed by atoms with Crippen molar-refractivity contribution in [2.45, 2.75) is 24.8 Å². The highest BCUT2D eigenvalue weighted by Crippen LogP contribution is 2.36. The molecule has 0 aliphatic carbocycles. The molecule has 142 valence electrons. The molecule has 0 spiro atoms. The normalized spacial score (nSPS) is 18.0. The fourth-order valence-electron chi connectivity index (χ4n) is 3.68. The molecular formula is C21H22BrNO4. The average Bonchev–Trinajstić information content (AvgIpc) is 2.73. The lowest BCUT2D eigenvalue weighted by atomic mass is 9.73. The van der Waals surface area contributed by atoms with Crippen molar-refractivity contribution < 1.29 is 19.0 Å². The highest BCUT2D eigenvalue weighted by molar-refractivity contribution is 9.10. The van der Waals surface area contributed by atoms with Gasteiger partial charge in [0, 0.05) is 24.2 Å². The summed E-state index contributed by atoms with van der Waals surface area (Å²) in [5.41, 5.74) is 1.48. The summed E-state index contributed by atoms with van der Waals surface area (Å²) in [4.78, 5) is 13.2. The summed E-state index contributed by atoms with van der Waals surface area (Å²) in [5.74, 6) is 1.54. The van der Waals surface area contributed by atoms with Crippen LogP contribution in [-0.4, -0.2) is 32.3 Å². The van der Waals surface area contributed by atoms with Crippen molar-refractivity contribution in [2.75, 3.05) is 26.4 Å². The average molecular weight is 432 g/mol. The van der Waals surface area contributed by atoms with Gasteiger partial charge in [0.2, 0.25) is 5.91 Å². The maximum absolute atomic E-state index is 13.2. The summed E-state index contributed by atoms with van der Waals surface area (Å²) in [6.45, 7) is 2.76. The number of carbonyl (C=O) groups excluding carboxylic acids is 1. The molecule has 0 saturated carbocycles. The van der Waals surface area contributed by atoms with Crippen LogP contribution in [0.3, 0.4) is 0 Å². The zero-order valence-corrected chi connectivity index (χ0v) is 16.6. The molecule has 2 aliphatic heterocycles. The zero-order chi connectivity index (χ0) is 18.7. The molecule has 0 radical (unpaired) electrons. The Morgan fingerprint density at radius 2 is 1.67 bits per heavy atom. The molecule has 1 saturated heterocycles. The van der Waals surface area contributed by atoms with Crippen molar-refractivity contribution in [1.82, 2.24) is 5.32 Å². The highest BCUT2D eigenvalue weighted by atomic mass is 79.9. The number of amides is 1. The molecule has 0 bridgehead atoms. The minimum Gasteiger partial charge on any atom is -0.486 e. The number of benzene rings is 2. The van der Waals surface area contributed by atoms with Crippen LogP contribution in [0.2, 0.25) is 0 Å². The first-order chi connectivity index (χ1) is 13.2. The van der Waals surface area contributed by atoms with Gasteiger partial charge in [0.1, 0.15) is 13.2 Å². The van der Waals surface area contributed by atoms with Crippen LogP contribution < -0.4 is 14.8 Å². The third-order valence-corrected chi connectivity index (χ3v) is 5.77. The number of nitrogens with one attached hydrogen (secondary N) is 1. The van der Waals surface area contributed by atoms with Gasteiger partial charge in [-0.3, -0.25) is 4.79 Å². The molecule has 6 heteroatoms. The predicted molar refractivity (Wildman–Crippen MR) is 105 cm³/mol. The maximum Gasteiger partial charge on any atom is 0.231 e.